The molecular weight excluding hydrogens is 414 g/mol. The molecule has 2 amide bonds. The molecule has 0 atom stereocenters. The number of benzene rings is 2. The average molecular weight is 442 g/mol. The van der Waals surface area contributed by atoms with Crippen molar-refractivity contribution in [3.8, 4) is 11.3 Å². The molecule has 0 unspecified atom stereocenters. The SMILES string of the molecule is CN(C(=O)c1ccc(Nc2ncc3c(n2)-c2ccccc2NC(=O)C3)cc1)C1CCCCC1. The van der Waals surface area contributed by atoms with Crippen LogP contribution in [0, 0.1) is 0 Å². The van der Waals surface area contributed by atoms with E-state index in [0.717, 1.165) is 41.0 Å². The van der Waals surface area contributed by atoms with Gasteiger partial charge >= 0.3 is 0 Å². The zero-order chi connectivity index (χ0) is 22.8. The van der Waals surface area contributed by atoms with Gasteiger partial charge in [-0.3, -0.25) is 9.59 Å². The van der Waals surface area contributed by atoms with Crippen LogP contribution in [0.2, 0.25) is 0 Å². The van der Waals surface area contributed by atoms with Gasteiger partial charge in [0.15, 0.2) is 0 Å². The molecule has 2 N–H and O–H groups in total. The molecule has 0 bridgehead atoms. The fourth-order valence-corrected chi connectivity index (χ4v) is 4.66. The Morgan fingerprint density at radius 3 is 2.61 bits per heavy atom. The van der Waals surface area contributed by atoms with Gasteiger partial charge in [0.25, 0.3) is 5.91 Å². The second-order valence-electron chi connectivity index (χ2n) is 8.75. The molecule has 1 fully saturated rings. The van der Waals surface area contributed by atoms with E-state index in [1.807, 2.05) is 60.5 Å². The smallest absolute Gasteiger partial charge is 0.253 e. The topological polar surface area (TPSA) is 87.2 Å². The van der Waals surface area contributed by atoms with Gasteiger partial charge in [-0.1, -0.05) is 37.5 Å². The van der Waals surface area contributed by atoms with Crippen LogP contribution in [0.25, 0.3) is 11.3 Å². The second kappa shape index (κ2) is 9.02. The maximum atomic E-state index is 12.9. The van der Waals surface area contributed by atoms with Gasteiger partial charge in [-0.25, -0.2) is 9.97 Å². The number of nitrogens with zero attached hydrogens (tertiary/aromatic N) is 3. The number of hydrogen-bond acceptors (Lipinski definition) is 5. The minimum absolute atomic E-state index is 0.0588. The van der Waals surface area contributed by atoms with Crippen LogP contribution in [0.4, 0.5) is 17.3 Å². The Balaban J connectivity index is 1.34. The number of carbonyl (C=O) groups excluding carboxylic acids is 2. The zero-order valence-electron chi connectivity index (χ0n) is 18.7. The van der Waals surface area contributed by atoms with E-state index >= 15 is 0 Å². The lowest BCUT2D eigenvalue weighted by molar-refractivity contribution is -0.115. The molecule has 7 nitrogen and oxygen atoms in total. The Kier molecular flexibility index (Phi) is 5.77. The van der Waals surface area contributed by atoms with Gasteiger partial charge in [-0.05, 0) is 43.2 Å². The van der Waals surface area contributed by atoms with Crippen molar-refractivity contribution in [3.63, 3.8) is 0 Å². The molecule has 1 aliphatic carbocycles. The standard InChI is InChI=1S/C26H27N5O2/c1-31(20-7-3-2-4-8-20)25(33)17-11-13-19(14-12-17)28-26-27-16-18-15-23(32)29-22-10-6-5-9-21(22)24(18)30-26/h5-6,9-14,16,20H,2-4,7-8,15H2,1H3,(H,29,32)(H,27,28,30). The third kappa shape index (κ3) is 4.44. The van der Waals surface area contributed by atoms with E-state index in [1.54, 1.807) is 6.20 Å². The third-order valence-electron chi connectivity index (χ3n) is 6.50. The van der Waals surface area contributed by atoms with Gasteiger partial charge in [0, 0.05) is 41.7 Å². The van der Waals surface area contributed by atoms with E-state index in [4.69, 9.17) is 4.98 Å². The predicted octanol–water partition coefficient (Wildman–Crippen LogP) is 4.79. The van der Waals surface area contributed by atoms with E-state index in [0.29, 0.717) is 17.6 Å². The Hall–Kier alpha value is -3.74. The van der Waals surface area contributed by atoms with Gasteiger partial charge in [-0.15, -0.1) is 0 Å². The molecule has 1 saturated carbocycles. The predicted molar refractivity (Wildman–Crippen MR) is 128 cm³/mol. The van der Waals surface area contributed by atoms with Crippen molar-refractivity contribution in [3.05, 3.63) is 65.9 Å². The second-order valence-corrected chi connectivity index (χ2v) is 8.75. The number of carbonyl (C=O) groups is 2. The number of nitrogens with one attached hydrogen (secondary N) is 2. The summed E-state index contributed by atoms with van der Waals surface area (Å²) in [5, 5.41) is 6.15. The van der Waals surface area contributed by atoms with Crippen LogP contribution in [0.3, 0.4) is 0 Å². The summed E-state index contributed by atoms with van der Waals surface area (Å²) in [4.78, 5) is 36.1. The van der Waals surface area contributed by atoms with Crippen molar-refractivity contribution in [2.45, 2.75) is 44.6 Å². The Labute approximate surface area is 193 Å². The highest BCUT2D eigenvalue weighted by Crippen LogP contribution is 2.33. The summed E-state index contributed by atoms with van der Waals surface area (Å²) in [7, 11) is 1.91. The number of amides is 2. The molecule has 3 aromatic rings. The first-order chi connectivity index (χ1) is 16.1. The highest BCUT2D eigenvalue weighted by molar-refractivity contribution is 6.00. The molecule has 0 spiro atoms. The van der Waals surface area contributed by atoms with Crippen molar-refractivity contribution >= 4 is 29.1 Å². The lowest BCUT2D eigenvalue weighted by atomic mass is 9.94. The monoisotopic (exact) mass is 441 g/mol. The molecule has 1 aliphatic heterocycles. The lowest BCUT2D eigenvalue weighted by Gasteiger charge is -2.31. The molecule has 7 heteroatoms. The van der Waals surface area contributed by atoms with E-state index in [2.05, 4.69) is 15.6 Å². The maximum absolute atomic E-state index is 12.9. The van der Waals surface area contributed by atoms with Crippen LogP contribution >= 0.6 is 0 Å². The van der Waals surface area contributed by atoms with E-state index in [1.165, 1.54) is 19.3 Å². The molecule has 168 valence electrons. The minimum atomic E-state index is -0.0797. The van der Waals surface area contributed by atoms with Crippen LogP contribution < -0.4 is 10.6 Å². The highest BCUT2D eigenvalue weighted by Gasteiger charge is 2.23. The lowest BCUT2D eigenvalue weighted by Crippen LogP contribution is -2.38. The van der Waals surface area contributed by atoms with Gasteiger partial charge in [0.1, 0.15) is 0 Å². The highest BCUT2D eigenvalue weighted by atomic mass is 16.2. The summed E-state index contributed by atoms with van der Waals surface area (Å²) in [5.74, 6) is 0.420. The quantitative estimate of drug-likeness (QED) is 0.608. The number of anilines is 3. The summed E-state index contributed by atoms with van der Waals surface area (Å²) in [6.07, 6.45) is 7.76. The van der Waals surface area contributed by atoms with Crippen molar-refractivity contribution in [2.24, 2.45) is 0 Å². The summed E-state index contributed by atoms with van der Waals surface area (Å²) in [6, 6.07) is 15.4. The summed E-state index contributed by atoms with van der Waals surface area (Å²) in [5.41, 5.74) is 4.61. The Morgan fingerprint density at radius 2 is 1.82 bits per heavy atom. The average Bonchev–Trinajstić information content (AvgIpc) is 2.99. The fourth-order valence-electron chi connectivity index (χ4n) is 4.66. The normalized spacial score (nSPS) is 15.6. The zero-order valence-corrected chi connectivity index (χ0v) is 18.7. The minimum Gasteiger partial charge on any atom is -0.339 e. The Bertz CT molecular complexity index is 1190. The molecule has 1 aromatic heterocycles. The molecule has 2 heterocycles. The largest absolute Gasteiger partial charge is 0.339 e. The van der Waals surface area contributed by atoms with Crippen LogP contribution in [-0.2, 0) is 11.2 Å². The van der Waals surface area contributed by atoms with E-state index in [-0.39, 0.29) is 18.2 Å². The molecule has 2 aromatic carbocycles. The fraction of sp³-hybridized carbons (Fsp3) is 0.308. The van der Waals surface area contributed by atoms with Gasteiger partial charge < -0.3 is 15.5 Å². The first-order valence-electron chi connectivity index (χ1n) is 11.5. The third-order valence-corrected chi connectivity index (χ3v) is 6.50. The van der Waals surface area contributed by atoms with Crippen LogP contribution in [0.5, 0.6) is 0 Å². The number of fused-ring (bicyclic) bond motifs is 3. The van der Waals surface area contributed by atoms with Crippen molar-refractivity contribution in [1.29, 1.82) is 0 Å². The van der Waals surface area contributed by atoms with Gasteiger partial charge in [0.05, 0.1) is 17.8 Å². The number of aromatic nitrogens is 2. The van der Waals surface area contributed by atoms with Crippen LogP contribution in [-0.4, -0.2) is 39.8 Å². The maximum Gasteiger partial charge on any atom is 0.253 e. The molecule has 0 radical (unpaired) electrons. The first-order valence-corrected chi connectivity index (χ1v) is 11.5. The Morgan fingerprint density at radius 1 is 1.06 bits per heavy atom. The molecule has 2 aliphatic rings. The summed E-state index contributed by atoms with van der Waals surface area (Å²) >= 11 is 0. The molecule has 33 heavy (non-hydrogen) atoms. The molecular formula is C26H27N5O2. The first kappa shape index (κ1) is 21.1. The van der Waals surface area contributed by atoms with Crippen molar-refractivity contribution in [2.75, 3.05) is 17.7 Å². The van der Waals surface area contributed by atoms with Crippen LogP contribution in [0.1, 0.15) is 48.0 Å². The van der Waals surface area contributed by atoms with Gasteiger partial charge in [-0.2, -0.15) is 0 Å². The van der Waals surface area contributed by atoms with Crippen molar-refractivity contribution in [1.82, 2.24) is 14.9 Å². The molecule has 5 rings (SSSR count). The van der Waals surface area contributed by atoms with Crippen molar-refractivity contribution < 1.29 is 9.59 Å². The molecule has 0 saturated heterocycles. The van der Waals surface area contributed by atoms with Gasteiger partial charge in [0.2, 0.25) is 11.9 Å². The number of para-hydroxylation sites is 1. The summed E-state index contributed by atoms with van der Waals surface area (Å²) in [6.45, 7) is 0. The van der Waals surface area contributed by atoms with Crippen LogP contribution in [0.15, 0.2) is 54.7 Å². The number of rotatable bonds is 4. The van der Waals surface area contributed by atoms with E-state index < -0.39 is 0 Å². The number of hydrogen-bond donors (Lipinski definition) is 2. The van der Waals surface area contributed by atoms with E-state index in [9.17, 15) is 9.59 Å². The summed E-state index contributed by atoms with van der Waals surface area (Å²) < 4.78 is 0.